The van der Waals surface area contributed by atoms with Crippen LogP contribution in [0.1, 0.15) is 28.9 Å². The zero-order valence-electron chi connectivity index (χ0n) is 13.5. The molecule has 4 rings (SSSR count). The van der Waals surface area contributed by atoms with Gasteiger partial charge in [-0.05, 0) is 30.9 Å². The maximum Gasteiger partial charge on any atom is 0.433 e. The summed E-state index contributed by atoms with van der Waals surface area (Å²) < 4.78 is 38.3. The molecule has 25 heavy (non-hydrogen) atoms. The highest BCUT2D eigenvalue weighted by Crippen LogP contribution is 2.37. The van der Waals surface area contributed by atoms with Crippen LogP contribution in [0.2, 0.25) is 0 Å². The number of fused-ring (bicyclic) bond motifs is 1. The first-order valence-corrected chi connectivity index (χ1v) is 8.44. The number of carbonyl (C=O) groups is 2. The Balaban J connectivity index is 1.44. The number of hydrogen-bond acceptors (Lipinski definition) is 3. The van der Waals surface area contributed by atoms with Gasteiger partial charge in [0.25, 0.3) is 5.91 Å². The van der Waals surface area contributed by atoms with Gasteiger partial charge in [-0.25, -0.2) is 0 Å². The molecule has 2 saturated heterocycles. The van der Waals surface area contributed by atoms with Crippen molar-refractivity contribution in [3.05, 3.63) is 29.6 Å². The molecule has 0 aromatic carbocycles. The van der Waals surface area contributed by atoms with Crippen molar-refractivity contribution >= 4 is 11.8 Å². The molecule has 5 nitrogen and oxygen atoms in total. The van der Waals surface area contributed by atoms with E-state index >= 15 is 0 Å². The quantitative estimate of drug-likeness (QED) is 0.836. The van der Waals surface area contributed by atoms with Gasteiger partial charge in [0.2, 0.25) is 5.91 Å². The molecule has 1 aromatic heterocycles. The van der Waals surface area contributed by atoms with Gasteiger partial charge in [-0.1, -0.05) is 0 Å². The Kier molecular flexibility index (Phi) is 3.73. The maximum absolute atomic E-state index is 12.8. The third-order valence-electron chi connectivity index (χ3n) is 5.28. The number of hydrogen-bond donors (Lipinski definition) is 0. The van der Waals surface area contributed by atoms with E-state index in [0.29, 0.717) is 19.0 Å². The summed E-state index contributed by atoms with van der Waals surface area (Å²) in [6.45, 7) is 2.15. The highest BCUT2D eigenvalue weighted by molar-refractivity contribution is 5.95. The van der Waals surface area contributed by atoms with Crippen molar-refractivity contribution in [1.29, 1.82) is 0 Å². The minimum Gasteiger partial charge on any atom is -0.342 e. The van der Waals surface area contributed by atoms with Crippen molar-refractivity contribution < 1.29 is 22.8 Å². The molecule has 3 fully saturated rings. The average molecular weight is 353 g/mol. The molecular weight excluding hydrogens is 335 g/mol. The van der Waals surface area contributed by atoms with Gasteiger partial charge in [-0.15, -0.1) is 0 Å². The van der Waals surface area contributed by atoms with Crippen molar-refractivity contribution in [2.45, 2.75) is 19.0 Å². The number of pyridine rings is 1. The van der Waals surface area contributed by atoms with E-state index in [-0.39, 0.29) is 29.9 Å². The van der Waals surface area contributed by atoms with Crippen LogP contribution in [0.4, 0.5) is 13.2 Å². The molecule has 0 bridgehead atoms. The van der Waals surface area contributed by atoms with Gasteiger partial charge in [-0.2, -0.15) is 13.2 Å². The molecule has 0 radical (unpaired) electrons. The SMILES string of the molecule is O=C(c1ccnc(C(F)(F)F)c1)N1C[C@H]2CN(CC3CC3)C(=O)[C@H]2C1. The van der Waals surface area contributed by atoms with Gasteiger partial charge >= 0.3 is 6.18 Å². The Hall–Kier alpha value is -2.12. The van der Waals surface area contributed by atoms with Crippen LogP contribution < -0.4 is 0 Å². The van der Waals surface area contributed by atoms with Crippen LogP contribution in [0.25, 0.3) is 0 Å². The molecule has 2 aliphatic heterocycles. The van der Waals surface area contributed by atoms with Crippen LogP contribution in [0, 0.1) is 17.8 Å². The van der Waals surface area contributed by atoms with Gasteiger partial charge in [0.05, 0.1) is 5.92 Å². The minimum absolute atomic E-state index is 0.0374. The largest absolute Gasteiger partial charge is 0.433 e. The molecule has 1 saturated carbocycles. The number of carbonyl (C=O) groups excluding carboxylic acids is 2. The van der Waals surface area contributed by atoms with Gasteiger partial charge in [-0.3, -0.25) is 14.6 Å². The maximum atomic E-state index is 12.8. The summed E-state index contributed by atoms with van der Waals surface area (Å²) in [6.07, 6.45) is -1.24. The molecule has 1 aliphatic carbocycles. The zero-order valence-corrected chi connectivity index (χ0v) is 13.5. The molecule has 3 aliphatic rings. The van der Waals surface area contributed by atoms with E-state index in [2.05, 4.69) is 4.98 Å². The van der Waals surface area contributed by atoms with Crippen LogP contribution in [0.5, 0.6) is 0 Å². The van der Waals surface area contributed by atoms with E-state index in [0.717, 1.165) is 18.8 Å². The summed E-state index contributed by atoms with van der Waals surface area (Å²) in [4.78, 5) is 31.7. The molecule has 134 valence electrons. The second-order valence-electron chi connectivity index (χ2n) is 7.19. The molecule has 3 heterocycles. The molecule has 0 N–H and O–H groups in total. The Bertz CT molecular complexity index is 717. The summed E-state index contributed by atoms with van der Waals surface area (Å²) in [5.41, 5.74) is -1.12. The molecule has 2 amide bonds. The fourth-order valence-corrected chi connectivity index (χ4v) is 3.79. The Morgan fingerprint density at radius 3 is 2.64 bits per heavy atom. The summed E-state index contributed by atoms with van der Waals surface area (Å²) in [5.74, 6) is 0.102. The number of halogens is 3. The molecule has 1 aromatic rings. The normalized spacial score (nSPS) is 26.3. The molecule has 0 spiro atoms. The first-order chi connectivity index (χ1) is 11.8. The number of aromatic nitrogens is 1. The van der Waals surface area contributed by atoms with Gasteiger partial charge < -0.3 is 9.80 Å². The van der Waals surface area contributed by atoms with Crippen LogP contribution >= 0.6 is 0 Å². The first-order valence-electron chi connectivity index (χ1n) is 8.44. The fourth-order valence-electron chi connectivity index (χ4n) is 3.79. The topological polar surface area (TPSA) is 53.5 Å². The number of alkyl halides is 3. The van der Waals surface area contributed by atoms with E-state index in [1.807, 2.05) is 4.90 Å². The second kappa shape index (κ2) is 5.71. The van der Waals surface area contributed by atoms with Crippen molar-refractivity contribution in [1.82, 2.24) is 14.8 Å². The van der Waals surface area contributed by atoms with Crippen LogP contribution in [0.15, 0.2) is 18.3 Å². The van der Waals surface area contributed by atoms with Crippen molar-refractivity contribution in [3.63, 3.8) is 0 Å². The van der Waals surface area contributed by atoms with E-state index in [4.69, 9.17) is 0 Å². The number of likely N-dealkylation sites (tertiary alicyclic amines) is 2. The van der Waals surface area contributed by atoms with Crippen molar-refractivity contribution in [2.75, 3.05) is 26.2 Å². The molecule has 8 heteroatoms. The number of nitrogens with zero attached hydrogens (tertiary/aromatic N) is 3. The highest BCUT2D eigenvalue weighted by atomic mass is 19.4. The second-order valence-corrected chi connectivity index (χ2v) is 7.19. The molecule has 2 atom stereocenters. The number of rotatable bonds is 3. The lowest BCUT2D eigenvalue weighted by molar-refractivity contribution is -0.141. The predicted octanol–water partition coefficient (Wildman–Crippen LogP) is 2.04. The Morgan fingerprint density at radius 1 is 1.24 bits per heavy atom. The lowest BCUT2D eigenvalue weighted by Gasteiger charge is -2.22. The summed E-state index contributed by atoms with van der Waals surface area (Å²) >= 11 is 0. The molecule has 0 unspecified atom stereocenters. The van der Waals surface area contributed by atoms with Crippen LogP contribution in [0.3, 0.4) is 0 Å². The van der Waals surface area contributed by atoms with Gasteiger partial charge in [0.15, 0.2) is 0 Å². The van der Waals surface area contributed by atoms with Crippen LogP contribution in [-0.4, -0.2) is 52.8 Å². The minimum atomic E-state index is -4.59. The predicted molar refractivity (Wildman–Crippen MR) is 81.4 cm³/mol. The van der Waals surface area contributed by atoms with Crippen LogP contribution in [-0.2, 0) is 11.0 Å². The van der Waals surface area contributed by atoms with Crippen molar-refractivity contribution in [2.24, 2.45) is 17.8 Å². The highest BCUT2D eigenvalue weighted by Gasteiger charge is 2.48. The average Bonchev–Trinajstić information content (AvgIpc) is 3.21. The smallest absolute Gasteiger partial charge is 0.342 e. The van der Waals surface area contributed by atoms with E-state index < -0.39 is 17.8 Å². The lowest BCUT2D eigenvalue weighted by atomic mass is 10.0. The Labute approximate surface area is 142 Å². The van der Waals surface area contributed by atoms with Gasteiger partial charge in [0.1, 0.15) is 5.69 Å². The van der Waals surface area contributed by atoms with E-state index in [9.17, 15) is 22.8 Å². The van der Waals surface area contributed by atoms with E-state index in [1.165, 1.54) is 23.8 Å². The molecular formula is C17H18F3N3O2. The third kappa shape index (κ3) is 3.09. The summed E-state index contributed by atoms with van der Waals surface area (Å²) in [5, 5.41) is 0. The van der Waals surface area contributed by atoms with E-state index in [1.54, 1.807) is 0 Å². The number of amides is 2. The third-order valence-corrected chi connectivity index (χ3v) is 5.28. The summed E-state index contributed by atoms with van der Waals surface area (Å²) in [7, 11) is 0. The fraction of sp³-hybridized carbons (Fsp3) is 0.588. The first kappa shape index (κ1) is 16.4. The Morgan fingerprint density at radius 2 is 2.00 bits per heavy atom. The van der Waals surface area contributed by atoms with Crippen molar-refractivity contribution in [3.8, 4) is 0 Å². The lowest BCUT2D eigenvalue weighted by Crippen LogP contribution is -2.36. The standard InChI is InChI=1S/C17H18F3N3O2/c18-17(19,20)14-5-11(3-4-21-14)15(24)23-8-12-7-22(6-10-1-2-10)16(25)13(12)9-23/h3-5,10,12-13H,1-2,6-9H2/t12-,13+/m1/s1. The summed E-state index contributed by atoms with van der Waals surface area (Å²) in [6, 6.07) is 2.06. The monoisotopic (exact) mass is 353 g/mol. The van der Waals surface area contributed by atoms with Gasteiger partial charge in [0, 0.05) is 43.9 Å². The zero-order chi connectivity index (χ0) is 17.8.